The summed E-state index contributed by atoms with van der Waals surface area (Å²) in [5, 5.41) is 19.9. The van der Waals surface area contributed by atoms with E-state index in [0.29, 0.717) is 0 Å². The zero-order valence-electron chi connectivity index (χ0n) is 6.65. The van der Waals surface area contributed by atoms with Crippen LogP contribution in [0.2, 0.25) is 0 Å². The number of amides is 1. The van der Waals surface area contributed by atoms with Crippen molar-refractivity contribution in [1.29, 1.82) is 0 Å². The minimum absolute atomic E-state index is 0.124. The lowest BCUT2D eigenvalue weighted by Crippen LogP contribution is -2.62. The molecule has 0 aromatic carbocycles. The van der Waals surface area contributed by atoms with Gasteiger partial charge in [-0.05, 0) is 6.92 Å². The summed E-state index contributed by atoms with van der Waals surface area (Å²) < 4.78 is 0. The molecule has 1 heterocycles. The van der Waals surface area contributed by atoms with Crippen molar-refractivity contribution >= 4 is 11.9 Å². The highest BCUT2D eigenvalue weighted by atomic mass is 16.4. The molecule has 0 aliphatic carbocycles. The summed E-state index contributed by atoms with van der Waals surface area (Å²) in [4.78, 5) is 21.0. The van der Waals surface area contributed by atoms with Crippen LogP contribution in [0, 0.1) is 5.92 Å². The molecule has 0 spiro atoms. The molecule has 1 amide bonds. The molecule has 0 aromatic heterocycles. The van der Waals surface area contributed by atoms with Crippen molar-refractivity contribution in [2.24, 2.45) is 5.92 Å². The van der Waals surface area contributed by atoms with Crippen LogP contribution in [0.4, 0.5) is 0 Å². The van der Waals surface area contributed by atoms with Gasteiger partial charge in [-0.25, -0.2) is 0 Å². The van der Waals surface area contributed by atoms with E-state index in [9.17, 15) is 9.59 Å². The van der Waals surface area contributed by atoms with Gasteiger partial charge < -0.3 is 15.5 Å². The Balaban J connectivity index is 2.48. The number of aliphatic hydroxyl groups excluding tert-OH is 1. The minimum Gasteiger partial charge on any atom is -0.481 e. The molecule has 0 aromatic rings. The fraction of sp³-hybridized carbons (Fsp3) is 0.714. The zero-order valence-corrected chi connectivity index (χ0v) is 6.65. The maximum Gasteiger partial charge on any atom is 0.305 e. The van der Waals surface area contributed by atoms with E-state index >= 15 is 0 Å². The predicted octanol–water partition coefficient (Wildman–Crippen LogP) is -1.04. The molecule has 0 radical (unpaired) electrons. The predicted molar refractivity (Wildman–Crippen MR) is 39.4 cm³/mol. The molecule has 1 saturated heterocycles. The third-order valence-electron chi connectivity index (χ3n) is 1.98. The van der Waals surface area contributed by atoms with E-state index in [1.54, 1.807) is 0 Å². The van der Waals surface area contributed by atoms with Crippen molar-refractivity contribution in [3.05, 3.63) is 0 Å². The number of carboxylic acid groups (broad SMARTS) is 1. The van der Waals surface area contributed by atoms with Gasteiger partial charge in [0, 0.05) is 0 Å². The Labute approximate surface area is 69.4 Å². The Morgan fingerprint density at radius 1 is 1.75 bits per heavy atom. The summed E-state index contributed by atoms with van der Waals surface area (Å²) in [6.45, 7) is 1.48. The van der Waals surface area contributed by atoms with Crippen LogP contribution in [0.15, 0.2) is 0 Å². The number of aliphatic carboxylic acids is 1. The fourth-order valence-electron chi connectivity index (χ4n) is 1.38. The van der Waals surface area contributed by atoms with Gasteiger partial charge >= 0.3 is 5.97 Å². The number of carboxylic acids is 1. The molecule has 1 aliphatic rings. The molecular weight excluding hydrogens is 162 g/mol. The summed E-state index contributed by atoms with van der Waals surface area (Å²) in [5.74, 6) is -1.79. The topological polar surface area (TPSA) is 86.6 Å². The Bertz CT molecular complexity index is 213. The summed E-state index contributed by atoms with van der Waals surface area (Å²) in [6, 6.07) is -0.407. The number of carbonyl (C=O) groups excluding carboxylic acids is 1. The van der Waals surface area contributed by atoms with Gasteiger partial charge in [-0.1, -0.05) is 0 Å². The molecule has 3 N–H and O–H groups in total. The molecule has 12 heavy (non-hydrogen) atoms. The molecule has 68 valence electrons. The second-order valence-corrected chi connectivity index (χ2v) is 2.98. The Morgan fingerprint density at radius 3 is 2.67 bits per heavy atom. The van der Waals surface area contributed by atoms with Crippen LogP contribution < -0.4 is 5.32 Å². The first kappa shape index (κ1) is 8.99. The van der Waals surface area contributed by atoms with E-state index in [2.05, 4.69) is 5.32 Å². The first-order chi connectivity index (χ1) is 5.52. The van der Waals surface area contributed by atoms with E-state index < -0.39 is 24.0 Å². The van der Waals surface area contributed by atoms with Gasteiger partial charge in [-0.3, -0.25) is 9.59 Å². The Morgan fingerprint density at radius 2 is 2.33 bits per heavy atom. The van der Waals surface area contributed by atoms with Gasteiger partial charge in [0.1, 0.15) is 0 Å². The average molecular weight is 173 g/mol. The number of carbonyl (C=O) groups is 2. The van der Waals surface area contributed by atoms with Crippen LogP contribution in [-0.4, -0.2) is 34.2 Å². The largest absolute Gasteiger partial charge is 0.481 e. The number of rotatable bonds is 3. The molecule has 1 aliphatic heterocycles. The maximum absolute atomic E-state index is 10.8. The molecule has 0 saturated carbocycles. The van der Waals surface area contributed by atoms with Crippen molar-refractivity contribution in [3.63, 3.8) is 0 Å². The highest BCUT2D eigenvalue weighted by Crippen LogP contribution is 2.21. The van der Waals surface area contributed by atoms with Crippen molar-refractivity contribution in [1.82, 2.24) is 5.32 Å². The standard InChI is InChI=1S/C7H11NO4/c1-3(9)6-4(2-5(10)11)8-7(6)12/h3-4,6,9H,2H2,1H3,(H,8,12)(H,10,11)/t3-,4?,6?/m1/s1. The molecule has 5 heteroatoms. The average Bonchev–Trinajstić information content (AvgIpc) is 1.82. The number of hydrogen-bond acceptors (Lipinski definition) is 3. The van der Waals surface area contributed by atoms with Crippen LogP contribution in [0.5, 0.6) is 0 Å². The zero-order chi connectivity index (χ0) is 9.30. The Kier molecular flexibility index (Phi) is 2.32. The molecule has 1 rings (SSSR count). The van der Waals surface area contributed by atoms with Gasteiger partial charge in [0.25, 0.3) is 0 Å². The molecule has 5 nitrogen and oxygen atoms in total. The highest BCUT2D eigenvalue weighted by Gasteiger charge is 2.43. The lowest BCUT2D eigenvalue weighted by atomic mass is 9.84. The third kappa shape index (κ3) is 1.55. The molecule has 2 unspecified atom stereocenters. The van der Waals surface area contributed by atoms with E-state index in [0.717, 1.165) is 0 Å². The molecule has 0 bridgehead atoms. The van der Waals surface area contributed by atoms with E-state index in [1.165, 1.54) is 6.92 Å². The smallest absolute Gasteiger partial charge is 0.305 e. The van der Waals surface area contributed by atoms with Gasteiger partial charge in [0.05, 0.1) is 24.5 Å². The number of β-lactam (4-membered cyclic amide) rings is 1. The minimum atomic E-state index is -0.967. The summed E-state index contributed by atoms with van der Waals surface area (Å²) in [5.41, 5.74) is 0. The SMILES string of the molecule is C[C@@H](O)C1C(=O)NC1CC(=O)O. The first-order valence-corrected chi connectivity index (χ1v) is 3.72. The quantitative estimate of drug-likeness (QED) is 0.475. The number of hydrogen-bond donors (Lipinski definition) is 3. The van der Waals surface area contributed by atoms with Crippen molar-refractivity contribution in [2.75, 3.05) is 0 Å². The van der Waals surface area contributed by atoms with Gasteiger partial charge in [0.2, 0.25) is 5.91 Å². The number of nitrogens with one attached hydrogen (secondary N) is 1. The second kappa shape index (κ2) is 3.10. The lowest BCUT2D eigenvalue weighted by molar-refractivity contribution is -0.146. The van der Waals surface area contributed by atoms with E-state index in [4.69, 9.17) is 10.2 Å². The molecule has 1 fully saturated rings. The van der Waals surface area contributed by atoms with Crippen molar-refractivity contribution in [3.8, 4) is 0 Å². The summed E-state index contributed by atoms with van der Waals surface area (Å²) in [7, 11) is 0. The van der Waals surface area contributed by atoms with Crippen LogP contribution in [-0.2, 0) is 9.59 Å². The van der Waals surface area contributed by atoms with Crippen LogP contribution in [0.25, 0.3) is 0 Å². The molecular formula is C7H11NO4. The van der Waals surface area contributed by atoms with Gasteiger partial charge in [-0.15, -0.1) is 0 Å². The Hall–Kier alpha value is -1.10. The third-order valence-corrected chi connectivity index (χ3v) is 1.98. The second-order valence-electron chi connectivity index (χ2n) is 2.98. The van der Waals surface area contributed by atoms with E-state index in [-0.39, 0.29) is 12.3 Å². The van der Waals surface area contributed by atoms with Gasteiger partial charge in [-0.2, -0.15) is 0 Å². The van der Waals surface area contributed by atoms with Crippen LogP contribution in [0.1, 0.15) is 13.3 Å². The normalized spacial score (nSPS) is 30.3. The lowest BCUT2D eigenvalue weighted by Gasteiger charge is -2.37. The van der Waals surface area contributed by atoms with Crippen LogP contribution >= 0.6 is 0 Å². The maximum atomic E-state index is 10.8. The summed E-state index contributed by atoms with van der Waals surface area (Å²) >= 11 is 0. The summed E-state index contributed by atoms with van der Waals surface area (Å²) in [6.07, 6.45) is -0.899. The monoisotopic (exact) mass is 173 g/mol. The highest BCUT2D eigenvalue weighted by molar-refractivity contribution is 5.88. The van der Waals surface area contributed by atoms with Crippen LogP contribution in [0.3, 0.4) is 0 Å². The van der Waals surface area contributed by atoms with Crippen molar-refractivity contribution < 1.29 is 19.8 Å². The first-order valence-electron chi connectivity index (χ1n) is 3.72. The fourth-order valence-corrected chi connectivity index (χ4v) is 1.38. The van der Waals surface area contributed by atoms with E-state index in [1.807, 2.05) is 0 Å². The van der Waals surface area contributed by atoms with Crippen molar-refractivity contribution in [2.45, 2.75) is 25.5 Å². The molecule has 3 atom stereocenters. The number of aliphatic hydroxyl groups is 1. The van der Waals surface area contributed by atoms with Gasteiger partial charge in [0.15, 0.2) is 0 Å².